The summed E-state index contributed by atoms with van der Waals surface area (Å²) in [4.78, 5) is 171. The van der Waals surface area contributed by atoms with Crippen LogP contribution in [0.5, 0.6) is 5.75 Å². The highest BCUT2D eigenvalue weighted by Crippen LogP contribution is 2.48. The minimum Gasteiger partial charge on any atom is -0.481 e. The molecule has 0 unspecified atom stereocenters. The third-order valence-electron chi connectivity index (χ3n) is 18.1. The maximum Gasteiger partial charge on any atom is 0.367 e. The van der Waals surface area contributed by atoms with E-state index in [0.29, 0.717) is 5.75 Å². The molecule has 0 spiro atoms. The Balaban J connectivity index is 2.97. The Bertz CT molecular complexity index is 2970. The summed E-state index contributed by atoms with van der Waals surface area (Å²) >= 11 is 0. The maximum atomic E-state index is 15.5. The number of carbonyl (C=O) groups excluding carboxylic acids is 11. The molecular weight excluding hydrogens is 1310 g/mol. The van der Waals surface area contributed by atoms with E-state index >= 15 is 19.2 Å². The number of nitrogens with one attached hydrogen (secondary N) is 4. The summed E-state index contributed by atoms with van der Waals surface area (Å²) in [5.74, 6) is -9.98. The molecule has 1 fully saturated rings. The van der Waals surface area contributed by atoms with E-state index in [2.05, 4.69) is 21.3 Å². The zero-order chi connectivity index (χ0) is 76.7. The van der Waals surface area contributed by atoms with E-state index in [1.54, 1.807) is 91.8 Å². The van der Waals surface area contributed by atoms with Crippen molar-refractivity contribution in [3.8, 4) is 5.75 Å². The summed E-state index contributed by atoms with van der Waals surface area (Å²) in [5.41, 5.74) is 0.722. The number of benzene rings is 1. The zero-order valence-electron chi connectivity index (χ0n) is 64.6. The van der Waals surface area contributed by atoms with Gasteiger partial charge in [-0.15, -0.1) is 0 Å². The molecule has 100 heavy (non-hydrogen) atoms. The van der Waals surface area contributed by atoms with Crippen LogP contribution in [0, 0.1) is 41.4 Å². The number of carbonyl (C=O) groups is 11. The second-order valence-electron chi connectivity index (χ2n) is 29.2. The third-order valence-corrected chi connectivity index (χ3v) is 19.8. The Labute approximate surface area is 596 Å². The molecule has 1 aromatic rings. The zero-order valence-corrected chi connectivity index (χ0v) is 65.5. The van der Waals surface area contributed by atoms with Gasteiger partial charge in [-0.05, 0) is 125 Å². The number of amides is 11. The Morgan fingerprint density at radius 3 is 1.41 bits per heavy atom. The van der Waals surface area contributed by atoms with Gasteiger partial charge >= 0.3 is 7.60 Å². The van der Waals surface area contributed by atoms with Crippen LogP contribution in [0.15, 0.2) is 30.3 Å². The molecule has 0 bridgehead atoms. The average Bonchev–Trinajstić information content (AvgIpc) is 0.801. The van der Waals surface area contributed by atoms with Gasteiger partial charge in [-0.2, -0.15) is 0 Å². The molecule has 1 aliphatic rings. The summed E-state index contributed by atoms with van der Waals surface area (Å²) in [5, 5.41) is 23.5. The van der Waals surface area contributed by atoms with Crippen LogP contribution < -0.4 is 26.0 Å². The third kappa shape index (κ3) is 25.8. The van der Waals surface area contributed by atoms with E-state index < -0.39 is 163 Å². The quantitative estimate of drug-likeness (QED) is 0.0784. The first-order chi connectivity index (χ1) is 46.4. The normalized spacial score (nSPS) is 24.8. The minimum atomic E-state index is -3.49. The van der Waals surface area contributed by atoms with Crippen LogP contribution in [0.4, 0.5) is 0 Å². The second kappa shape index (κ2) is 41.2. The fourth-order valence-electron chi connectivity index (χ4n) is 12.1. The molecule has 28 heteroatoms. The first-order valence-electron chi connectivity index (χ1n) is 35.4. The van der Waals surface area contributed by atoms with Crippen molar-refractivity contribution in [2.45, 2.75) is 230 Å². The van der Waals surface area contributed by atoms with Crippen LogP contribution in [-0.2, 0) is 66.4 Å². The van der Waals surface area contributed by atoms with E-state index in [1.165, 1.54) is 87.7 Å². The van der Waals surface area contributed by atoms with Crippen LogP contribution in [0.1, 0.15) is 169 Å². The number of allylic oxidation sites excluding steroid dienone is 1. The van der Waals surface area contributed by atoms with E-state index in [-0.39, 0.29) is 81.8 Å². The lowest BCUT2D eigenvalue weighted by Gasteiger charge is -2.41. The number of hydrogen-bond acceptors (Lipinski definition) is 16. The molecule has 0 aromatic heterocycles. The Kier molecular flexibility index (Phi) is 36.7. The van der Waals surface area contributed by atoms with Crippen LogP contribution in [-0.4, -0.2) is 246 Å². The molecule has 12 atom stereocenters. The standard InChI is InChI=1S/C72H124N11O16P/c1-26-53-68(91)77(19)40-58(84)78(20)54(36-42(4)5)65(88)76-59(46(12)13)71(94)79(21)55(37-43(6)7)64(87)73-49(17)63(86)74-50(18)67(90)80(22)56(38-44(8)9)69(92)81(23)57(39-45(10)11)70(93)82(24)60(47(14)15)72(95)83(25)61(66(89)75-53)62(85)48(16)30-29-31-51-32-34-52(35-33-51)97-41-100(96,98-27-2)99-28-3/h29,31-35,42-50,53-57,59-62,85H,26-28,30,36-41H2,1-25H3,(H,73,87)(H,74,86)(H,75,89)(H,76,88)/t48-,49+,50-,53+,54+,55+,56+,57+,59+,60+,61+,62-/m1/s1. The lowest BCUT2D eigenvalue weighted by Crippen LogP contribution is -2.63. The van der Waals surface area contributed by atoms with Crippen molar-refractivity contribution in [3.05, 3.63) is 35.9 Å². The summed E-state index contributed by atoms with van der Waals surface area (Å²) in [6, 6.07) is -5.92. The minimum absolute atomic E-state index is 0.0264. The van der Waals surface area contributed by atoms with Crippen LogP contribution >= 0.6 is 7.60 Å². The number of ether oxygens (including phenoxy) is 1. The molecule has 0 radical (unpaired) electrons. The molecule has 1 aromatic carbocycles. The van der Waals surface area contributed by atoms with Crippen molar-refractivity contribution in [2.75, 3.05) is 75.4 Å². The lowest BCUT2D eigenvalue weighted by molar-refractivity contribution is -0.157. The number of aliphatic hydroxyl groups is 1. The smallest absolute Gasteiger partial charge is 0.367 e. The first kappa shape index (κ1) is 89.1. The van der Waals surface area contributed by atoms with Gasteiger partial charge in [0.25, 0.3) is 0 Å². The highest BCUT2D eigenvalue weighted by molar-refractivity contribution is 7.53. The molecule has 1 aliphatic heterocycles. The van der Waals surface area contributed by atoms with Gasteiger partial charge < -0.3 is 74.5 Å². The van der Waals surface area contributed by atoms with Crippen LogP contribution in [0.25, 0.3) is 6.08 Å². The van der Waals surface area contributed by atoms with Crippen molar-refractivity contribution in [1.29, 1.82) is 0 Å². The number of hydrogen-bond donors (Lipinski definition) is 5. The lowest BCUT2D eigenvalue weighted by atomic mass is 9.91. The molecule has 27 nitrogen and oxygen atoms in total. The van der Waals surface area contributed by atoms with Crippen LogP contribution in [0.3, 0.4) is 0 Å². The van der Waals surface area contributed by atoms with Gasteiger partial charge in [0.1, 0.15) is 66.2 Å². The highest BCUT2D eigenvalue weighted by Gasteiger charge is 2.46. The van der Waals surface area contributed by atoms with Crippen molar-refractivity contribution < 1.29 is 76.2 Å². The van der Waals surface area contributed by atoms with Gasteiger partial charge in [0.05, 0.1) is 25.9 Å². The van der Waals surface area contributed by atoms with Gasteiger partial charge in [0, 0.05) is 49.3 Å². The predicted molar refractivity (Wildman–Crippen MR) is 385 cm³/mol. The fraction of sp³-hybridized carbons (Fsp3) is 0.736. The molecule has 0 saturated carbocycles. The largest absolute Gasteiger partial charge is 0.481 e. The summed E-state index contributed by atoms with van der Waals surface area (Å²) < 4.78 is 29.4. The molecule has 0 aliphatic carbocycles. The van der Waals surface area contributed by atoms with Crippen molar-refractivity contribution in [2.24, 2.45) is 41.4 Å². The number of rotatable bonds is 23. The fourth-order valence-corrected chi connectivity index (χ4v) is 13.4. The molecule has 1 heterocycles. The van der Waals surface area contributed by atoms with Gasteiger partial charge in [-0.3, -0.25) is 57.3 Å². The SMILES string of the molecule is CCOP(=O)(COc1ccc(C=CC[C@@H](C)[C@@H](O)[C@H]2C(=O)N[C@@H](CC)C(=O)N(C)CC(=O)N(C)[C@@H](CC(C)C)C(=O)N[C@@H](C(C)C)C(=O)N(C)[C@@H](CC(C)C)C(=O)N[C@@H](C)C(=O)N[C@H](C)C(=O)N(C)[C@@H](CC(C)C)C(=O)N(C)[C@@H](CC(C)C)C(=O)N(C)[C@@H](C(C)C)C(=O)N2C)cc1)OCC. The molecule has 2 rings (SSSR count). The number of nitrogens with zero attached hydrogens (tertiary/aromatic N) is 7. The monoisotopic (exact) mass is 1430 g/mol. The van der Waals surface area contributed by atoms with E-state index in [0.717, 1.165) is 15.4 Å². The van der Waals surface area contributed by atoms with Crippen LogP contribution in [0.2, 0.25) is 0 Å². The Morgan fingerprint density at radius 2 is 0.940 bits per heavy atom. The summed E-state index contributed by atoms with van der Waals surface area (Å²) in [6.45, 7) is 31.0. The van der Waals surface area contributed by atoms with E-state index in [9.17, 15) is 43.2 Å². The van der Waals surface area contributed by atoms with Gasteiger partial charge in [-0.1, -0.05) is 121 Å². The summed E-state index contributed by atoms with van der Waals surface area (Å²) in [6.07, 6.45) is 2.26. The number of likely N-dealkylation sites (N-methyl/N-ethyl adjacent to an activating group) is 7. The highest BCUT2D eigenvalue weighted by atomic mass is 31.2. The molecule has 11 amide bonds. The van der Waals surface area contributed by atoms with Gasteiger partial charge in [0.15, 0.2) is 6.35 Å². The molecule has 5 N–H and O–H groups in total. The van der Waals surface area contributed by atoms with E-state index in [4.69, 9.17) is 13.8 Å². The predicted octanol–water partition coefficient (Wildman–Crippen LogP) is 6.01. The summed E-state index contributed by atoms with van der Waals surface area (Å²) in [7, 11) is 6.33. The van der Waals surface area contributed by atoms with Crippen molar-refractivity contribution >= 4 is 78.7 Å². The first-order valence-corrected chi connectivity index (χ1v) is 37.2. The maximum absolute atomic E-state index is 15.5. The Morgan fingerprint density at radius 1 is 0.500 bits per heavy atom. The molecule has 1 saturated heterocycles. The molecular formula is C72H124N11O16P. The topological polar surface area (TPSA) is 324 Å². The molecule has 568 valence electrons. The Hall–Kier alpha value is -6.96. The van der Waals surface area contributed by atoms with E-state index in [1.807, 2.05) is 55.4 Å². The van der Waals surface area contributed by atoms with Crippen molar-refractivity contribution in [1.82, 2.24) is 55.6 Å². The van der Waals surface area contributed by atoms with Gasteiger partial charge in [-0.25, -0.2) is 0 Å². The van der Waals surface area contributed by atoms with Gasteiger partial charge in [0.2, 0.25) is 65.0 Å². The average molecular weight is 1430 g/mol. The second-order valence-corrected chi connectivity index (χ2v) is 31.2. The number of aliphatic hydroxyl groups excluding tert-OH is 1. The van der Waals surface area contributed by atoms with Crippen molar-refractivity contribution in [3.63, 3.8) is 0 Å².